The minimum atomic E-state index is 0.0542. The molecule has 1 amide bonds. The highest BCUT2D eigenvalue weighted by molar-refractivity contribution is 5.76. The average molecular weight is 289 g/mol. The third kappa shape index (κ3) is 4.60. The molecule has 1 saturated heterocycles. The summed E-state index contributed by atoms with van der Waals surface area (Å²) in [6.45, 7) is 5.61. The monoisotopic (exact) mass is 289 g/mol. The Labute approximate surface area is 126 Å². The fourth-order valence-electron chi connectivity index (χ4n) is 2.52. The number of allylic oxidation sites excluding steroid dienone is 1. The van der Waals surface area contributed by atoms with Gasteiger partial charge < -0.3 is 14.4 Å². The van der Waals surface area contributed by atoms with Crippen molar-refractivity contribution in [3.8, 4) is 5.75 Å². The lowest BCUT2D eigenvalue weighted by atomic mass is 10.1. The second-order valence-electron chi connectivity index (χ2n) is 5.22. The van der Waals surface area contributed by atoms with Crippen LogP contribution >= 0.6 is 0 Å². The quantitative estimate of drug-likeness (QED) is 0.755. The normalized spacial score (nSPS) is 18.3. The molecule has 0 radical (unpaired) electrons. The lowest BCUT2D eigenvalue weighted by Crippen LogP contribution is -2.46. The van der Waals surface area contributed by atoms with Crippen molar-refractivity contribution in [2.24, 2.45) is 0 Å². The molecule has 114 valence electrons. The van der Waals surface area contributed by atoms with Gasteiger partial charge in [0.1, 0.15) is 5.75 Å². The molecule has 1 atom stereocenters. The minimum Gasteiger partial charge on any atom is -0.497 e. The van der Waals surface area contributed by atoms with Gasteiger partial charge in [0, 0.05) is 25.9 Å². The first-order valence-corrected chi connectivity index (χ1v) is 7.36. The number of hydrogen-bond donors (Lipinski definition) is 0. The van der Waals surface area contributed by atoms with E-state index < -0.39 is 0 Å². The van der Waals surface area contributed by atoms with E-state index in [0.29, 0.717) is 26.1 Å². The van der Waals surface area contributed by atoms with E-state index in [2.05, 4.69) is 12.6 Å². The Bertz CT molecular complexity index is 487. The summed E-state index contributed by atoms with van der Waals surface area (Å²) in [5, 5.41) is 0. The molecular formula is C17H23NO3. The molecule has 1 unspecified atom stereocenters. The van der Waals surface area contributed by atoms with Gasteiger partial charge in [0.05, 0.1) is 19.8 Å². The molecular weight excluding hydrogens is 266 g/mol. The molecule has 4 nitrogen and oxygen atoms in total. The molecule has 0 aliphatic carbocycles. The van der Waals surface area contributed by atoms with Crippen LogP contribution < -0.4 is 4.74 Å². The number of methoxy groups -OCH3 is 1. The molecule has 0 N–H and O–H groups in total. The zero-order valence-corrected chi connectivity index (χ0v) is 12.6. The van der Waals surface area contributed by atoms with Crippen LogP contribution in [0.25, 0.3) is 0 Å². The van der Waals surface area contributed by atoms with Crippen LogP contribution in [0.2, 0.25) is 0 Å². The lowest BCUT2D eigenvalue weighted by molar-refractivity contribution is -0.138. The molecule has 1 aliphatic rings. The van der Waals surface area contributed by atoms with Crippen molar-refractivity contribution in [2.75, 3.05) is 26.8 Å². The fourth-order valence-corrected chi connectivity index (χ4v) is 2.52. The van der Waals surface area contributed by atoms with E-state index in [-0.39, 0.29) is 12.0 Å². The molecule has 0 aromatic heterocycles. The standard InChI is InChI=1S/C17H23NO3/c1-3-4-8-17(19)18-9-10-21-16(13-18)12-14-6-5-7-15(11-14)20-2/h3,5-7,11,16H,1,4,8-10,12-13H2,2H3. The van der Waals surface area contributed by atoms with Crippen LogP contribution in [0.15, 0.2) is 36.9 Å². The molecule has 1 heterocycles. The highest BCUT2D eigenvalue weighted by Crippen LogP contribution is 2.17. The molecule has 1 aromatic carbocycles. The van der Waals surface area contributed by atoms with Crippen molar-refractivity contribution in [1.29, 1.82) is 0 Å². The van der Waals surface area contributed by atoms with Gasteiger partial charge in [0.25, 0.3) is 0 Å². The summed E-state index contributed by atoms with van der Waals surface area (Å²) in [7, 11) is 1.66. The smallest absolute Gasteiger partial charge is 0.223 e. The van der Waals surface area contributed by atoms with Crippen LogP contribution in [0.1, 0.15) is 18.4 Å². The average Bonchev–Trinajstić information content (AvgIpc) is 2.53. The Hall–Kier alpha value is -1.81. The van der Waals surface area contributed by atoms with E-state index in [1.165, 1.54) is 5.56 Å². The van der Waals surface area contributed by atoms with E-state index in [1.54, 1.807) is 13.2 Å². The summed E-state index contributed by atoms with van der Waals surface area (Å²) in [6.07, 6.45) is 3.90. The van der Waals surface area contributed by atoms with Crippen LogP contribution in [0.5, 0.6) is 5.75 Å². The Balaban J connectivity index is 1.91. The number of rotatable bonds is 6. The molecule has 1 aromatic rings. The Morgan fingerprint density at radius 3 is 3.19 bits per heavy atom. The van der Waals surface area contributed by atoms with Crippen molar-refractivity contribution in [3.63, 3.8) is 0 Å². The van der Waals surface area contributed by atoms with E-state index in [9.17, 15) is 4.79 Å². The van der Waals surface area contributed by atoms with E-state index >= 15 is 0 Å². The van der Waals surface area contributed by atoms with Gasteiger partial charge in [-0.2, -0.15) is 0 Å². The number of carbonyl (C=O) groups is 1. The maximum absolute atomic E-state index is 12.1. The molecule has 21 heavy (non-hydrogen) atoms. The van der Waals surface area contributed by atoms with Crippen LogP contribution in [0.4, 0.5) is 0 Å². The zero-order valence-electron chi connectivity index (χ0n) is 12.6. The SMILES string of the molecule is C=CCCC(=O)N1CCOC(Cc2cccc(OC)c2)C1. The maximum Gasteiger partial charge on any atom is 0.223 e. The van der Waals surface area contributed by atoms with Crippen molar-refractivity contribution in [1.82, 2.24) is 4.90 Å². The first kappa shape index (κ1) is 15.6. The van der Waals surface area contributed by atoms with Gasteiger partial charge in [-0.1, -0.05) is 18.2 Å². The summed E-state index contributed by atoms with van der Waals surface area (Å²) >= 11 is 0. The number of amides is 1. The van der Waals surface area contributed by atoms with Gasteiger partial charge in [-0.25, -0.2) is 0 Å². The predicted molar refractivity (Wildman–Crippen MR) is 82.4 cm³/mol. The number of nitrogens with zero attached hydrogens (tertiary/aromatic N) is 1. The Kier molecular flexibility index (Phi) is 5.81. The van der Waals surface area contributed by atoms with Gasteiger partial charge in [-0.3, -0.25) is 4.79 Å². The second kappa shape index (κ2) is 7.84. The summed E-state index contributed by atoms with van der Waals surface area (Å²) in [6, 6.07) is 7.98. The van der Waals surface area contributed by atoms with Crippen molar-refractivity contribution in [2.45, 2.75) is 25.4 Å². The van der Waals surface area contributed by atoms with Crippen LogP contribution in [-0.4, -0.2) is 43.7 Å². The van der Waals surface area contributed by atoms with Gasteiger partial charge in [0.2, 0.25) is 5.91 Å². The number of morpholine rings is 1. The Morgan fingerprint density at radius 2 is 2.43 bits per heavy atom. The van der Waals surface area contributed by atoms with E-state index in [0.717, 1.165) is 18.6 Å². The molecule has 0 bridgehead atoms. The number of hydrogen-bond acceptors (Lipinski definition) is 3. The van der Waals surface area contributed by atoms with Crippen LogP contribution in [-0.2, 0) is 16.0 Å². The van der Waals surface area contributed by atoms with Crippen LogP contribution in [0, 0.1) is 0 Å². The summed E-state index contributed by atoms with van der Waals surface area (Å²) < 4.78 is 11.0. The van der Waals surface area contributed by atoms with E-state index in [1.807, 2.05) is 23.1 Å². The molecule has 1 aliphatic heterocycles. The number of ether oxygens (including phenoxy) is 2. The first-order valence-electron chi connectivity index (χ1n) is 7.36. The van der Waals surface area contributed by atoms with Gasteiger partial charge >= 0.3 is 0 Å². The summed E-state index contributed by atoms with van der Waals surface area (Å²) in [5.41, 5.74) is 1.17. The van der Waals surface area contributed by atoms with Gasteiger partial charge in [-0.15, -0.1) is 6.58 Å². The second-order valence-corrected chi connectivity index (χ2v) is 5.22. The van der Waals surface area contributed by atoms with Crippen LogP contribution in [0.3, 0.4) is 0 Å². The highest BCUT2D eigenvalue weighted by Gasteiger charge is 2.23. The topological polar surface area (TPSA) is 38.8 Å². The van der Waals surface area contributed by atoms with Crippen molar-refractivity contribution >= 4 is 5.91 Å². The van der Waals surface area contributed by atoms with Gasteiger partial charge in [0.15, 0.2) is 0 Å². The third-order valence-electron chi connectivity index (χ3n) is 3.65. The molecule has 2 rings (SSSR count). The summed E-state index contributed by atoms with van der Waals surface area (Å²) in [4.78, 5) is 14.0. The number of benzene rings is 1. The molecule has 4 heteroatoms. The first-order chi connectivity index (χ1) is 10.2. The molecule has 0 spiro atoms. The zero-order chi connectivity index (χ0) is 15.1. The molecule has 1 fully saturated rings. The summed E-state index contributed by atoms with van der Waals surface area (Å²) in [5.74, 6) is 1.04. The van der Waals surface area contributed by atoms with Crippen molar-refractivity contribution in [3.05, 3.63) is 42.5 Å². The van der Waals surface area contributed by atoms with Gasteiger partial charge in [-0.05, 0) is 24.1 Å². The Morgan fingerprint density at radius 1 is 1.57 bits per heavy atom. The number of carbonyl (C=O) groups excluding carboxylic acids is 1. The lowest BCUT2D eigenvalue weighted by Gasteiger charge is -2.33. The third-order valence-corrected chi connectivity index (χ3v) is 3.65. The van der Waals surface area contributed by atoms with Crippen molar-refractivity contribution < 1.29 is 14.3 Å². The largest absolute Gasteiger partial charge is 0.497 e. The maximum atomic E-state index is 12.1. The molecule has 0 saturated carbocycles. The fraction of sp³-hybridized carbons (Fsp3) is 0.471. The minimum absolute atomic E-state index is 0.0542. The van der Waals surface area contributed by atoms with E-state index in [4.69, 9.17) is 9.47 Å². The predicted octanol–water partition coefficient (Wildman–Crippen LogP) is 2.43. The highest BCUT2D eigenvalue weighted by atomic mass is 16.5.